The summed E-state index contributed by atoms with van der Waals surface area (Å²) in [7, 11) is -1.17. The Morgan fingerprint density at radius 2 is 1.62 bits per heavy atom. The lowest BCUT2D eigenvalue weighted by Gasteiger charge is -2.26. The van der Waals surface area contributed by atoms with Crippen LogP contribution in [0.1, 0.15) is 11.1 Å². The van der Waals surface area contributed by atoms with E-state index in [4.69, 9.17) is 9.47 Å². The Morgan fingerprint density at radius 1 is 0.938 bits per heavy atom. The predicted octanol–water partition coefficient (Wildman–Crippen LogP) is 4.15. The summed E-state index contributed by atoms with van der Waals surface area (Å²) in [6.07, 6.45) is 0. The van der Waals surface area contributed by atoms with E-state index < -0.39 is 22.5 Å². The molecule has 0 spiro atoms. The van der Waals surface area contributed by atoms with Crippen LogP contribution in [0.5, 0.6) is 11.5 Å². The van der Waals surface area contributed by atoms with Crippen LogP contribution in [-0.2, 0) is 14.8 Å². The lowest BCUT2D eigenvalue weighted by Crippen LogP contribution is -2.38. The third-order valence-corrected chi connectivity index (χ3v) is 6.74. The normalized spacial score (nSPS) is 11.0. The molecule has 0 aromatic heterocycles. The molecule has 0 aliphatic carbocycles. The van der Waals surface area contributed by atoms with Crippen LogP contribution in [0.3, 0.4) is 0 Å². The molecule has 0 atom stereocenters. The number of para-hydroxylation sites is 1. The zero-order valence-electron chi connectivity index (χ0n) is 18.5. The molecule has 0 aliphatic heterocycles. The fourth-order valence-electron chi connectivity index (χ4n) is 3.16. The number of nitrogens with zero attached hydrogens (tertiary/aromatic N) is 1. The van der Waals surface area contributed by atoms with Gasteiger partial charge in [-0.2, -0.15) is 0 Å². The van der Waals surface area contributed by atoms with Gasteiger partial charge in [-0.25, -0.2) is 8.42 Å². The number of rotatable bonds is 8. The van der Waals surface area contributed by atoms with E-state index in [1.165, 1.54) is 32.4 Å². The SMILES string of the molecule is COc1ccc(OC)c(N(CC(=O)Nc2ccccc2C)S(=O)(=O)c2ccc(C)cc2)c1. The van der Waals surface area contributed by atoms with Crippen molar-refractivity contribution in [2.24, 2.45) is 0 Å². The van der Waals surface area contributed by atoms with E-state index in [9.17, 15) is 13.2 Å². The van der Waals surface area contributed by atoms with Crippen LogP contribution in [0.4, 0.5) is 11.4 Å². The maximum Gasteiger partial charge on any atom is 0.264 e. The molecule has 3 rings (SSSR count). The fraction of sp³-hybridized carbons (Fsp3) is 0.208. The van der Waals surface area contributed by atoms with Crippen molar-refractivity contribution >= 4 is 27.3 Å². The van der Waals surface area contributed by atoms with Gasteiger partial charge in [0.25, 0.3) is 10.0 Å². The second-order valence-corrected chi connectivity index (χ2v) is 9.09. The molecule has 32 heavy (non-hydrogen) atoms. The maximum atomic E-state index is 13.6. The molecule has 7 nitrogen and oxygen atoms in total. The van der Waals surface area contributed by atoms with E-state index >= 15 is 0 Å². The molecule has 3 aromatic carbocycles. The van der Waals surface area contributed by atoms with Gasteiger partial charge in [0.15, 0.2) is 0 Å². The van der Waals surface area contributed by atoms with E-state index in [2.05, 4.69) is 5.32 Å². The lowest BCUT2D eigenvalue weighted by molar-refractivity contribution is -0.114. The molecule has 0 saturated carbocycles. The van der Waals surface area contributed by atoms with E-state index in [1.54, 1.807) is 36.4 Å². The molecular formula is C24H26N2O5S. The summed E-state index contributed by atoms with van der Waals surface area (Å²) in [5.41, 5.74) is 2.61. The van der Waals surface area contributed by atoms with Gasteiger partial charge in [-0.1, -0.05) is 35.9 Å². The van der Waals surface area contributed by atoms with Crippen LogP contribution in [0.2, 0.25) is 0 Å². The summed E-state index contributed by atoms with van der Waals surface area (Å²) >= 11 is 0. The monoisotopic (exact) mass is 454 g/mol. The van der Waals surface area contributed by atoms with E-state index in [0.717, 1.165) is 15.4 Å². The summed E-state index contributed by atoms with van der Waals surface area (Å²) in [4.78, 5) is 13.0. The van der Waals surface area contributed by atoms with E-state index in [-0.39, 0.29) is 10.6 Å². The number of benzene rings is 3. The van der Waals surface area contributed by atoms with E-state index in [0.29, 0.717) is 17.2 Å². The standard InChI is InChI=1S/C24H26N2O5S/c1-17-9-12-20(13-10-17)32(28,29)26(22-15-19(30-3)11-14-23(22)31-4)16-24(27)25-21-8-6-5-7-18(21)2/h5-15H,16H2,1-4H3,(H,25,27). The number of ether oxygens (including phenoxy) is 2. The Hall–Kier alpha value is -3.52. The first-order valence-corrected chi connectivity index (χ1v) is 11.4. The Morgan fingerprint density at radius 3 is 2.25 bits per heavy atom. The highest BCUT2D eigenvalue weighted by atomic mass is 32.2. The molecule has 168 valence electrons. The third kappa shape index (κ3) is 5.03. The van der Waals surface area contributed by atoms with Gasteiger partial charge in [0.2, 0.25) is 5.91 Å². The summed E-state index contributed by atoms with van der Waals surface area (Å²) in [6.45, 7) is 3.28. The van der Waals surface area contributed by atoms with Crippen LogP contribution in [0.25, 0.3) is 0 Å². The highest BCUT2D eigenvalue weighted by molar-refractivity contribution is 7.92. The average molecular weight is 455 g/mol. The molecule has 1 N–H and O–H groups in total. The maximum absolute atomic E-state index is 13.6. The minimum atomic E-state index is -4.09. The number of carbonyl (C=O) groups excluding carboxylic acids is 1. The molecule has 0 heterocycles. The number of carbonyl (C=O) groups is 1. The van der Waals surface area contributed by atoms with Crippen molar-refractivity contribution in [2.75, 3.05) is 30.4 Å². The Bertz CT molecular complexity index is 1210. The molecule has 0 unspecified atom stereocenters. The van der Waals surface area contributed by atoms with Crippen LogP contribution in [-0.4, -0.2) is 35.1 Å². The molecule has 0 fully saturated rings. The minimum Gasteiger partial charge on any atom is -0.497 e. The highest BCUT2D eigenvalue weighted by Gasteiger charge is 2.30. The zero-order valence-corrected chi connectivity index (χ0v) is 19.3. The molecule has 0 radical (unpaired) electrons. The number of hydrogen-bond donors (Lipinski definition) is 1. The number of sulfonamides is 1. The van der Waals surface area contributed by atoms with Gasteiger partial charge < -0.3 is 14.8 Å². The van der Waals surface area contributed by atoms with Gasteiger partial charge in [0.05, 0.1) is 24.8 Å². The van der Waals surface area contributed by atoms with Crippen LogP contribution in [0.15, 0.2) is 71.6 Å². The van der Waals surface area contributed by atoms with Gasteiger partial charge in [-0.3, -0.25) is 9.10 Å². The number of nitrogens with one attached hydrogen (secondary N) is 1. The van der Waals surface area contributed by atoms with E-state index in [1.807, 2.05) is 26.0 Å². The first kappa shape index (κ1) is 23.1. The van der Waals surface area contributed by atoms with Crippen LogP contribution < -0.4 is 19.1 Å². The number of aryl methyl sites for hydroxylation is 2. The zero-order chi connectivity index (χ0) is 23.3. The van der Waals surface area contributed by atoms with Crippen molar-refractivity contribution in [3.8, 4) is 11.5 Å². The fourth-order valence-corrected chi connectivity index (χ4v) is 4.59. The summed E-state index contributed by atoms with van der Waals surface area (Å²) < 4.78 is 38.9. The highest BCUT2D eigenvalue weighted by Crippen LogP contribution is 2.35. The molecule has 1 amide bonds. The molecule has 0 saturated heterocycles. The summed E-state index contributed by atoms with van der Waals surface area (Å²) in [5, 5.41) is 2.79. The van der Waals surface area contributed by atoms with Gasteiger partial charge >= 0.3 is 0 Å². The van der Waals surface area contributed by atoms with Gasteiger partial charge in [-0.15, -0.1) is 0 Å². The lowest BCUT2D eigenvalue weighted by atomic mass is 10.2. The first-order valence-electron chi connectivity index (χ1n) is 9.93. The molecule has 3 aromatic rings. The smallest absolute Gasteiger partial charge is 0.264 e. The summed E-state index contributed by atoms with van der Waals surface area (Å²) in [6, 6.07) is 18.5. The molecule has 8 heteroatoms. The number of amides is 1. The quantitative estimate of drug-likeness (QED) is 0.553. The van der Waals surface area contributed by atoms with Gasteiger partial charge in [0, 0.05) is 11.8 Å². The average Bonchev–Trinajstić information content (AvgIpc) is 2.78. The predicted molar refractivity (Wildman–Crippen MR) is 125 cm³/mol. The Labute approximate surface area is 188 Å². The van der Waals surface area contributed by atoms with Crippen molar-refractivity contribution in [3.63, 3.8) is 0 Å². The second-order valence-electron chi connectivity index (χ2n) is 7.23. The van der Waals surface area contributed by atoms with Crippen LogP contribution >= 0.6 is 0 Å². The van der Waals surface area contributed by atoms with Gasteiger partial charge in [0.1, 0.15) is 18.0 Å². The first-order chi connectivity index (χ1) is 15.3. The topological polar surface area (TPSA) is 84.9 Å². The van der Waals surface area contributed by atoms with Crippen molar-refractivity contribution in [1.82, 2.24) is 0 Å². The largest absolute Gasteiger partial charge is 0.497 e. The molecule has 0 aliphatic rings. The molecular weight excluding hydrogens is 428 g/mol. The number of methoxy groups -OCH3 is 2. The van der Waals surface area contributed by atoms with Crippen molar-refractivity contribution < 1.29 is 22.7 Å². The Balaban J connectivity index is 2.06. The molecule has 0 bridgehead atoms. The van der Waals surface area contributed by atoms with Crippen LogP contribution in [0, 0.1) is 13.8 Å². The third-order valence-electron chi connectivity index (χ3n) is 4.97. The summed E-state index contributed by atoms with van der Waals surface area (Å²) in [5.74, 6) is 0.245. The second kappa shape index (κ2) is 9.74. The van der Waals surface area contributed by atoms with Crippen molar-refractivity contribution in [3.05, 3.63) is 77.9 Å². The number of anilines is 2. The minimum absolute atomic E-state index is 0.0664. The Kier molecular flexibility index (Phi) is 7.05. The van der Waals surface area contributed by atoms with Crippen molar-refractivity contribution in [1.29, 1.82) is 0 Å². The van der Waals surface area contributed by atoms with Gasteiger partial charge in [-0.05, 0) is 49.7 Å². The van der Waals surface area contributed by atoms with Crippen molar-refractivity contribution in [2.45, 2.75) is 18.7 Å². The number of hydrogen-bond acceptors (Lipinski definition) is 5.